The number of nitrogens with zero attached hydrogens (tertiary/aromatic N) is 1. The second-order valence-electron chi connectivity index (χ2n) is 11.8. The Morgan fingerprint density at radius 3 is 2.14 bits per heavy atom. The zero-order chi connectivity index (χ0) is 28.4. The quantitative estimate of drug-likeness (QED) is 0.204. The summed E-state index contributed by atoms with van der Waals surface area (Å²) in [5, 5.41) is 7.29. The predicted molar refractivity (Wildman–Crippen MR) is 174 cm³/mol. The first-order chi connectivity index (χ1) is 20.3. The fraction of sp³-hybridized carbons (Fsp3) is 0.0811. The number of sulfone groups is 1. The maximum absolute atomic E-state index is 13.6. The van der Waals surface area contributed by atoms with E-state index < -0.39 is 15.3 Å². The van der Waals surface area contributed by atoms with Crippen LogP contribution in [0.2, 0.25) is 0 Å². The van der Waals surface area contributed by atoms with Crippen molar-refractivity contribution in [1.82, 2.24) is 4.40 Å². The number of benzene rings is 5. The smallest absolute Gasteiger partial charge is 0.207 e. The molecule has 0 N–H and O–H groups in total. The van der Waals surface area contributed by atoms with Gasteiger partial charge in [-0.05, 0) is 87.3 Å². The number of rotatable bonds is 2. The minimum Gasteiger partial charge on any atom is -0.300 e. The highest BCUT2D eigenvalue weighted by Gasteiger charge is 2.40. The minimum absolute atomic E-state index is 0.405. The first-order valence-electron chi connectivity index (χ1n) is 14.1. The second kappa shape index (κ2) is 8.09. The van der Waals surface area contributed by atoms with Gasteiger partial charge in [-0.1, -0.05) is 74.5 Å². The van der Waals surface area contributed by atoms with Gasteiger partial charge in [0.1, 0.15) is 4.83 Å². The van der Waals surface area contributed by atoms with E-state index in [1.165, 1.54) is 43.0 Å². The fourth-order valence-corrected chi connectivity index (χ4v) is 10.0. The van der Waals surface area contributed by atoms with Crippen LogP contribution in [0.3, 0.4) is 0 Å². The molecule has 0 saturated carbocycles. The molecule has 5 heteroatoms. The van der Waals surface area contributed by atoms with Gasteiger partial charge in [0, 0.05) is 27.0 Å². The third-order valence-corrected chi connectivity index (χ3v) is 12.0. The van der Waals surface area contributed by atoms with E-state index in [0.29, 0.717) is 9.79 Å². The molecule has 9 rings (SSSR count). The van der Waals surface area contributed by atoms with Gasteiger partial charge in [-0.25, -0.2) is 8.42 Å². The zero-order valence-corrected chi connectivity index (χ0v) is 24.7. The topological polar surface area (TPSA) is 38.5 Å². The molecular formula is C37H25NO2S2. The molecule has 5 aromatic carbocycles. The van der Waals surface area contributed by atoms with Crippen LogP contribution in [-0.4, -0.2) is 12.8 Å². The fourth-order valence-electron chi connectivity index (χ4n) is 7.15. The van der Waals surface area contributed by atoms with E-state index in [9.17, 15) is 8.42 Å². The number of fused-ring (bicyclic) bond motifs is 8. The maximum atomic E-state index is 13.6. The van der Waals surface area contributed by atoms with E-state index in [-0.39, 0.29) is 0 Å². The summed E-state index contributed by atoms with van der Waals surface area (Å²) in [5.41, 5.74) is 8.19. The molecule has 1 aliphatic heterocycles. The van der Waals surface area contributed by atoms with Crippen LogP contribution in [0.1, 0.15) is 25.0 Å². The van der Waals surface area contributed by atoms with Crippen LogP contribution in [0.4, 0.5) is 0 Å². The highest BCUT2D eigenvalue weighted by Crippen LogP contribution is 2.47. The molecular weight excluding hydrogens is 555 g/mol. The van der Waals surface area contributed by atoms with Gasteiger partial charge >= 0.3 is 0 Å². The average molecular weight is 580 g/mol. The molecule has 42 heavy (non-hydrogen) atoms. The lowest BCUT2D eigenvalue weighted by atomic mass is 9.77. The van der Waals surface area contributed by atoms with Gasteiger partial charge in [0.15, 0.2) is 0 Å². The normalized spacial score (nSPS) is 15.5. The molecule has 3 aromatic heterocycles. The summed E-state index contributed by atoms with van der Waals surface area (Å²) in [6, 6.07) is 37.4. The van der Waals surface area contributed by atoms with E-state index in [4.69, 9.17) is 0 Å². The third-order valence-electron chi connectivity index (χ3n) is 9.23. The summed E-state index contributed by atoms with van der Waals surface area (Å²) in [7, 11) is -3.58. The van der Waals surface area contributed by atoms with Crippen molar-refractivity contribution in [2.45, 2.75) is 29.1 Å². The van der Waals surface area contributed by atoms with Crippen LogP contribution in [0.25, 0.3) is 59.7 Å². The standard InChI is InChI=1S/C37H25NO2S2/c1-37(2)30-11-4-6-13-33(30)42(39,40)34-15-14-24(21-31(34)37)22-8-7-9-23(18-22)25-19-28-26-10-3-5-12-32(26)38-35(28)29(20-25)27-16-17-41-36(27)38/h3-21H,1-2H3. The SMILES string of the molecule is CC1(C)c2ccccc2S(=O)(=O)c2ccc(-c3cccc(-c4cc5c6ccccc6n6c7sccc7c(c4)c56)c3)cc21. The van der Waals surface area contributed by atoms with Crippen LogP contribution in [-0.2, 0) is 15.3 Å². The summed E-state index contributed by atoms with van der Waals surface area (Å²) < 4.78 is 29.6. The van der Waals surface area contributed by atoms with Gasteiger partial charge in [0.2, 0.25) is 9.84 Å². The Labute approximate surface area is 247 Å². The summed E-state index contributed by atoms with van der Waals surface area (Å²) in [4.78, 5) is 2.11. The zero-order valence-electron chi connectivity index (χ0n) is 23.0. The molecule has 0 unspecified atom stereocenters. The lowest BCUT2D eigenvalue weighted by Gasteiger charge is -2.35. The third kappa shape index (κ3) is 3.02. The summed E-state index contributed by atoms with van der Waals surface area (Å²) in [6.45, 7) is 4.24. The number of para-hydroxylation sites is 1. The van der Waals surface area contributed by atoms with E-state index in [2.05, 4.69) is 96.4 Å². The maximum Gasteiger partial charge on any atom is 0.207 e. The highest BCUT2D eigenvalue weighted by atomic mass is 32.2. The van der Waals surface area contributed by atoms with E-state index in [0.717, 1.165) is 27.8 Å². The molecule has 0 saturated heterocycles. The monoisotopic (exact) mass is 579 g/mol. The van der Waals surface area contributed by atoms with Crippen molar-refractivity contribution in [1.29, 1.82) is 0 Å². The number of thiophene rings is 1. The molecule has 0 amide bonds. The molecule has 202 valence electrons. The number of aromatic nitrogens is 1. The van der Waals surface area contributed by atoms with E-state index >= 15 is 0 Å². The Balaban J connectivity index is 1.23. The molecule has 0 fully saturated rings. The molecule has 0 radical (unpaired) electrons. The molecule has 0 atom stereocenters. The molecule has 0 aliphatic carbocycles. The Kier molecular flexibility index (Phi) is 4.66. The average Bonchev–Trinajstić information content (AvgIpc) is 3.70. The van der Waals surface area contributed by atoms with Crippen molar-refractivity contribution in [2.75, 3.05) is 0 Å². The summed E-state index contributed by atoms with van der Waals surface area (Å²) >= 11 is 1.79. The number of hydrogen-bond acceptors (Lipinski definition) is 3. The Bertz CT molecular complexity index is 2510. The van der Waals surface area contributed by atoms with Crippen molar-refractivity contribution < 1.29 is 8.42 Å². The molecule has 8 aromatic rings. The van der Waals surface area contributed by atoms with Crippen LogP contribution in [0, 0.1) is 0 Å². The van der Waals surface area contributed by atoms with E-state index in [1.807, 2.05) is 18.2 Å². The summed E-state index contributed by atoms with van der Waals surface area (Å²) in [5.74, 6) is 0. The first kappa shape index (κ1) is 24.2. The van der Waals surface area contributed by atoms with Crippen molar-refractivity contribution in [3.05, 3.63) is 126 Å². The van der Waals surface area contributed by atoms with Gasteiger partial charge < -0.3 is 0 Å². The molecule has 1 aliphatic rings. The van der Waals surface area contributed by atoms with Crippen LogP contribution < -0.4 is 0 Å². The van der Waals surface area contributed by atoms with Gasteiger partial charge in [0.25, 0.3) is 0 Å². The highest BCUT2D eigenvalue weighted by molar-refractivity contribution is 7.91. The predicted octanol–water partition coefficient (Wildman–Crippen LogP) is 9.70. The Morgan fingerprint density at radius 1 is 0.595 bits per heavy atom. The lowest BCUT2D eigenvalue weighted by molar-refractivity contribution is 0.556. The van der Waals surface area contributed by atoms with Gasteiger partial charge in [-0.2, -0.15) is 0 Å². The Hall–Kier alpha value is -4.45. The minimum atomic E-state index is -3.58. The van der Waals surface area contributed by atoms with Crippen molar-refractivity contribution in [3.8, 4) is 22.3 Å². The molecule has 4 heterocycles. The van der Waals surface area contributed by atoms with E-state index in [1.54, 1.807) is 29.5 Å². The van der Waals surface area contributed by atoms with Crippen molar-refractivity contribution in [3.63, 3.8) is 0 Å². The van der Waals surface area contributed by atoms with Crippen LogP contribution in [0.5, 0.6) is 0 Å². The van der Waals surface area contributed by atoms with Crippen molar-refractivity contribution in [2.24, 2.45) is 0 Å². The number of hydrogen-bond donors (Lipinski definition) is 0. The lowest BCUT2D eigenvalue weighted by Crippen LogP contribution is -2.29. The molecule has 3 nitrogen and oxygen atoms in total. The summed E-state index contributed by atoms with van der Waals surface area (Å²) in [6.07, 6.45) is 0. The van der Waals surface area contributed by atoms with Crippen LogP contribution >= 0.6 is 11.3 Å². The largest absolute Gasteiger partial charge is 0.300 e. The molecule has 0 bridgehead atoms. The Morgan fingerprint density at radius 2 is 1.29 bits per heavy atom. The van der Waals surface area contributed by atoms with Crippen LogP contribution in [0.15, 0.2) is 124 Å². The van der Waals surface area contributed by atoms with Gasteiger partial charge in [-0.15, -0.1) is 11.3 Å². The molecule has 0 spiro atoms. The van der Waals surface area contributed by atoms with Gasteiger partial charge in [-0.3, -0.25) is 4.40 Å². The van der Waals surface area contributed by atoms with Crippen molar-refractivity contribution >= 4 is 58.6 Å². The second-order valence-corrected chi connectivity index (χ2v) is 14.6. The first-order valence-corrected chi connectivity index (χ1v) is 16.5. The van der Waals surface area contributed by atoms with Gasteiger partial charge in [0.05, 0.1) is 20.8 Å².